The molecule has 3 N–H and O–H groups in total. The fourth-order valence-corrected chi connectivity index (χ4v) is 3.03. The number of hydrazine groups is 1. The number of phenols is 2. The number of rotatable bonds is 4. The van der Waals surface area contributed by atoms with Crippen LogP contribution >= 0.6 is 11.8 Å². The number of nitro groups is 1. The summed E-state index contributed by atoms with van der Waals surface area (Å²) in [6, 6.07) is 8.35. The van der Waals surface area contributed by atoms with Crippen molar-refractivity contribution in [1.82, 2.24) is 10.4 Å². The Morgan fingerprint density at radius 3 is 2.43 bits per heavy atom. The topological polar surface area (TPSA) is 150 Å². The third kappa shape index (κ3) is 3.78. The Kier molecular flexibility index (Phi) is 5.00. The predicted molar refractivity (Wildman–Crippen MR) is 98.1 cm³/mol. The summed E-state index contributed by atoms with van der Waals surface area (Å²) in [5.41, 5.74) is 2.15. The normalized spacial score (nSPS) is 15.1. The molecule has 1 fully saturated rings. The summed E-state index contributed by atoms with van der Waals surface area (Å²) < 4.78 is 0. The first-order chi connectivity index (χ1) is 13.3. The van der Waals surface area contributed by atoms with E-state index in [1.54, 1.807) is 0 Å². The number of hydrogen-bond donors (Lipinski definition) is 3. The number of carbonyl (C=O) groups is 3. The molecule has 1 aliphatic rings. The van der Waals surface area contributed by atoms with Gasteiger partial charge in [0, 0.05) is 29.3 Å². The molecule has 142 valence electrons. The van der Waals surface area contributed by atoms with Crippen molar-refractivity contribution in [2.45, 2.75) is 0 Å². The molecule has 0 radical (unpaired) electrons. The highest BCUT2D eigenvalue weighted by atomic mass is 32.2. The van der Waals surface area contributed by atoms with Crippen molar-refractivity contribution in [3.63, 3.8) is 0 Å². The molecule has 0 unspecified atom stereocenters. The highest BCUT2D eigenvalue weighted by Gasteiger charge is 2.37. The van der Waals surface area contributed by atoms with Gasteiger partial charge in [-0.05, 0) is 42.1 Å². The quantitative estimate of drug-likeness (QED) is 0.401. The minimum Gasteiger partial charge on any atom is -0.508 e. The largest absolute Gasteiger partial charge is 0.508 e. The lowest BCUT2D eigenvalue weighted by Crippen LogP contribution is -2.44. The van der Waals surface area contributed by atoms with Gasteiger partial charge in [-0.3, -0.25) is 29.9 Å². The first-order valence-electron chi connectivity index (χ1n) is 7.61. The van der Waals surface area contributed by atoms with Gasteiger partial charge >= 0.3 is 5.24 Å². The summed E-state index contributed by atoms with van der Waals surface area (Å²) in [5, 5.41) is 29.5. The predicted octanol–water partition coefficient (Wildman–Crippen LogP) is 2.39. The number of amides is 3. The summed E-state index contributed by atoms with van der Waals surface area (Å²) in [7, 11) is 0. The standard InChI is InChI=1S/C17H11N3O7S/c21-12-6-3-10(13(22)8-12)7-14-16(24)19(17(25)28-14)18-15(23)9-1-4-11(5-2-9)20(26)27/h1-8,21-22H,(H,18,23)/b14-7-. The number of non-ortho nitro benzene ring substituents is 1. The lowest BCUT2D eigenvalue weighted by molar-refractivity contribution is -0.384. The van der Waals surface area contributed by atoms with Crippen molar-refractivity contribution in [2.75, 3.05) is 0 Å². The number of aromatic hydroxyl groups is 2. The van der Waals surface area contributed by atoms with Crippen molar-refractivity contribution < 1.29 is 29.5 Å². The van der Waals surface area contributed by atoms with Crippen LogP contribution in [0.2, 0.25) is 0 Å². The zero-order valence-electron chi connectivity index (χ0n) is 13.9. The number of nitrogens with zero attached hydrogens (tertiary/aromatic N) is 2. The second kappa shape index (κ2) is 7.40. The molecule has 0 aromatic heterocycles. The van der Waals surface area contributed by atoms with Crippen molar-refractivity contribution in [3.8, 4) is 11.5 Å². The molecule has 0 aliphatic carbocycles. The number of benzene rings is 2. The van der Waals surface area contributed by atoms with Gasteiger partial charge in [-0.2, -0.15) is 5.01 Å². The fraction of sp³-hybridized carbons (Fsp3) is 0. The van der Waals surface area contributed by atoms with Gasteiger partial charge in [0.1, 0.15) is 11.5 Å². The average Bonchev–Trinajstić information content (AvgIpc) is 2.91. The van der Waals surface area contributed by atoms with Crippen molar-refractivity contribution >= 4 is 40.6 Å². The maximum Gasteiger partial charge on any atom is 0.312 e. The van der Waals surface area contributed by atoms with Crippen LogP contribution in [0.4, 0.5) is 10.5 Å². The second-order valence-electron chi connectivity index (χ2n) is 5.51. The maximum absolute atomic E-state index is 12.4. The van der Waals surface area contributed by atoms with E-state index in [0.29, 0.717) is 16.8 Å². The van der Waals surface area contributed by atoms with Gasteiger partial charge in [0.25, 0.3) is 17.5 Å². The molecule has 11 heteroatoms. The smallest absolute Gasteiger partial charge is 0.312 e. The minimum absolute atomic E-state index is 0.0183. The van der Waals surface area contributed by atoms with Gasteiger partial charge in [0.2, 0.25) is 0 Å². The second-order valence-corrected chi connectivity index (χ2v) is 6.50. The summed E-state index contributed by atoms with van der Waals surface area (Å²) in [5.74, 6) is -2.07. The van der Waals surface area contributed by atoms with E-state index >= 15 is 0 Å². The molecule has 0 atom stereocenters. The molecule has 2 aromatic rings. The Morgan fingerprint density at radius 2 is 1.82 bits per heavy atom. The number of imide groups is 1. The molecule has 2 aromatic carbocycles. The van der Waals surface area contributed by atoms with Crippen LogP contribution in [0, 0.1) is 10.1 Å². The van der Waals surface area contributed by atoms with E-state index in [1.165, 1.54) is 30.3 Å². The molecular formula is C17H11N3O7S. The highest BCUT2D eigenvalue weighted by Crippen LogP contribution is 2.33. The lowest BCUT2D eigenvalue weighted by Gasteiger charge is -2.13. The molecule has 0 saturated carbocycles. The van der Waals surface area contributed by atoms with Crippen LogP contribution in [-0.4, -0.2) is 37.2 Å². The number of thioether (sulfide) groups is 1. The monoisotopic (exact) mass is 401 g/mol. The van der Waals surface area contributed by atoms with E-state index in [1.807, 2.05) is 0 Å². The molecule has 0 spiro atoms. The van der Waals surface area contributed by atoms with Crippen LogP contribution in [-0.2, 0) is 4.79 Å². The number of nitro benzene ring substituents is 1. The molecule has 3 rings (SSSR count). The summed E-state index contributed by atoms with van der Waals surface area (Å²) in [6.45, 7) is 0. The van der Waals surface area contributed by atoms with Crippen LogP contribution in [0.15, 0.2) is 47.4 Å². The average molecular weight is 401 g/mol. The van der Waals surface area contributed by atoms with Crippen molar-refractivity contribution in [1.29, 1.82) is 0 Å². The van der Waals surface area contributed by atoms with Crippen molar-refractivity contribution in [3.05, 3.63) is 68.6 Å². The molecule has 10 nitrogen and oxygen atoms in total. The van der Waals surface area contributed by atoms with E-state index in [4.69, 9.17) is 0 Å². The van der Waals surface area contributed by atoms with Crippen molar-refractivity contribution in [2.24, 2.45) is 0 Å². The van der Waals surface area contributed by atoms with Gasteiger partial charge in [-0.25, -0.2) is 0 Å². The van der Waals surface area contributed by atoms with E-state index < -0.39 is 22.0 Å². The van der Waals surface area contributed by atoms with Gasteiger partial charge in [0.05, 0.1) is 9.83 Å². The Morgan fingerprint density at radius 1 is 1.14 bits per heavy atom. The molecule has 0 bridgehead atoms. The van der Waals surface area contributed by atoms with E-state index in [0.717, 1.165) is 18.2 Å². The van der Waals surface area contributed by atoms with Gasteiger partial charge in [-0.15, -0.1) is 0 Å². The zero-order chi connectivity index (χ0) is 20.4. The third-order valence-corrected chi connectivity index (χ3v) is 4.52. The van der Waals surface area contributed by atoms with E-state index in [2.05, 4.69) is 5.43 Å². The Bertz CT molecular complexity index is 1030. The Balaban J connectivity index is 1.77. The number of hydrogen-bond acceptors (Lipinski definition) is 8. The van der Waals surface area contributed by atoms with E-state index in [9.17, 15) is 34.7 Å². The van der Waals surface area contributed by atoms with Crippen LogP contribution in [0.5, 0.6) is 11.5 Å². The molecular weight excluding hydrogens is 390 g/mol. The minimum atomic E-state index is -0.808. The molecule has 1 aliphatic heterocycles. The van der Waals surface area contributed by atoms with Crippen LogP contribution < -0.4 is 5.43 Å². The van der Waals surface area contributed by atoms with Crippen LogP contribution in [0.3, 0.4) is 0 Å². The molecule has 28 heavy (non-hydrogen) atoms. The summed E-state index contributed by atoms with van der Waals surface area (Å²) >= 11 is 0.554. The van der Waals surface area contributed by atoms with Gasteiger partial charge in [-0.1, -0.05) is 0 Å². The fourth-order valence-electron chi connectivity index (χ4n) is 2.26. The first-order valence-corrected chi connectivity index (χ1v) is 8.43. The number of carbonyl (C=O) groups excluding carboxylic acids is 3. The summed E-state index contributed by atoms with van der Waals surface area (Å²) in [6.07, 6.45) is 1.25. The Labute approximate surface area is 161 Å². The summed E-state index contributed by atoms with van der Waals surface area (Å²) in [4.78, 5) is 46.6. The van der Waals surface area contributed by atoms with Gasteiger partial charge in [0.15, 0.2) is 0 Å². The lowest BCUT2D eigenvalue weighted by atomic mass is 10.1. The first kappa shape index (κ1) is 18.9. The Hall–Kier alpha value is -3.86. The maximum atomic E-state index is 12.4. The van der Waals surface area contributed by atoms with E-state index in [-0.39, 0.29) is 33.2 Å². The molecule has 1 saturated heterocycles. The molecule has 1 heterocycles. The number of phenolic OH excluding ortho intramolecular Hbond substituents is 2. The number of nitrogens with one attached hydrogen (secondary N) is 1. The third-order valence-electron chi connectivity index (χ3n) is 3.65. The highest BCUT2D eigenvalue weighted by molar-refractivity contribution is 8.18. The molecule has 3 amide bonds. The van der Waals surface area contributed by atoms with Crippen LogP contribution in [0.25, 0.3) is 6.08 Å². The van der Waals surface area contributed by atoms with Crippen LogP contribution in [0.1, 0.15) is 15.9 Å². The van der Waals surface area contributed by atoms with Gasteiger partial charge < -0.3 is 10.2 Å². The zero-order valence-corrected chi connectivity index (χ0v) is 14.7. The SMILES string of the molecule is O=C(NN1C(=O)S/C(=C\c2ccc(O)cc2O)C1=O)c1ccc([N+](=O)[O-])cc1.